The van der Waals surface area contributed by atoms with Crippen LogP contribution in [0.4, 0.5) is 5.13 Å². The SMILES string of the molecule is CCOC(=O)C1CCc2nc(NC(=O)C(C)Oc3ccc(Cl)cc3)sc2C1. The number of hydrogen-bond donors (Lipinski definition) is 1. The van der Waals surface area contributed by atoms with Crippen LogP contribution in [-0.2, 0) is 27.2 Å². The number of anilines is 1. The van der Waals surface area contributed by atoms with Crippen LogP contribution in [0.3, 0.4) is 0 Å². The van der Waals surface area contributed by atoms with Gasteiger partial charge >= 0.3 is 5.97 Å². The summed E-state index contributed by atoms with van der Waals surface area (Å²) in [5.74, 6) is -0.00325. The molecular weight excluding hydrogens is 388 g/mol. The van der Waals surface area contributed by atoms with Crippen LogP contribution in [0, 0.1) is 5.92 Å². The van der Waals surface area contributed by atoms with E-state index in [1.165, 1.54) is 11.3 Å². The fourth-order valence-corrected chi connectivity index (χ4v) is 4.08. The van der Waals surface area contributed by atoms with E-state index in [1.807, 2.05) is 0 Å². The first-order chi connectivity index (χ1) is 13.0. The number of carbonyl (C=O) groups excluding carboxylic acids is 2. The molecule has 0 bridgehead atoms. The molecule has 2 aromatic rings. The second-order valence-electron chi connectivity index (χ2n) is 6.28. The summed E-state index contributed by atoms with van der Waals surface area (Å²) in [6.07, 6.45) is 1.36. The third kappa shape index (κ3) is 4.99. The quantitative estimate of drug-likeness (QED) is 0.734. The summed E-state index contributed by atoms with van der Waals surface area (Å²) < 4.78 is 10.7. The van der Waals surface area contributed by atoms with Crippen molar-refractivity contribution in [1.29, 1.82) is 0 Å². The molecule has 1 amide bonds. The summed E-state index contributed by atoms with van der Waals surface area (Å²) in [6.45, 7) is 3.87. The van der Waals surface area contributed by atoms with Gasteiger partial charge in [0.25, 0.3) is 5.91 Å². The van der Waals surface area contributed by atoms with E-state index in [4.69, 9.17) is 21.1 Å². The number of rotatable bonds is 6. The number of nitrogens with zero attached hydrogens (tertiary/aromatic N) is 1. The van der Waals surface area contributed by atoms with Gasteiger partial charge in [0.1, 0.15) is 5.75 Å². The Morgan fingerprint density at radius 3 is 2.81 bits per heavy atom. The number of thiazole rings is 1. The zero-order chi connectivity index (χ0) is 19.4. The number of ether oxygens (including phenoxy) is 2. The normalized spacial score (nSPS) is 16.9. The minimum Gasteiger partial charge on any atom is -0.481 e. The number of aromatic nitrogens is 1. The molecule has 1 N–H and O–H groups in total. The van der Waals surface area contributed by atoms with Crippen LogP contribution in [-0.4, -0.2) is 29.6 Å². The van der Waals surface area contributed by atoms with E-state index in [2.05, 4.69) is 10.3 Å². The van der Waals surface area contributed by atoms with Crippen molar-refractivity contribution in [2.75, 3.05) is 11.9 Å². The van der Waals surface area contributed by atoms with Gasteiger partial charge in [-0.15, -0.1) is 11.3 Å². The van der Waals surface area contributed by atoms with Gasteiger partial charge in [-0.25, -0.2) is 4.98 Å². The highest BCUT2D eigenvalue weighted by atomic mass is 35.5. The first kappa shape index (κ1) is 19.6. The largest absolute Gasteiger partial charge is 0.481 e. The summed E-state index contributed by atoms with van der Waals surface area (Å²) in [4.78, 5) is 29.9. The molecule has 8 heteroatoms. The molecule has 6 nitrogen and oxygen atoms in total. The molecule has 144 valence electrons. The number of benzene rings is 1. The number of aryl methyl sites for hydroxylation is 1. The molecule has 2 atom stereocenters. The Morgan fingerprint density at radius 1 is 1.37 bits per heavy atom. The molecule has 0 saturated carbocycles. The smallest absolute Gasteiger partial charge is 0.309 e. The highest BCUT2D eigenvalue weighted by Gasteiger charge is 2.29. The monoisotopic (exact) mass is 408 g/mol. The number of hydrogen-bond acceptors (Lipinski definition) is 6. The summed E-state index contributed by atoms with van der Waals surface area (Å²) in [6, 6.07) is 6.83. The number of carbonyl (C=O) groups is 2. The Morgan fingerprint density at radius 2 is 2.11 bits per heavy atom. The van der Waals surface area contributed by atoms with Gasteiger partial charge in [-0.3, -0.25) is 14.9 Å². The Balaban J connectivity index is 1.59. The lowest BCUT2D eigenvalue weighted by atomic mass is 9.91. The molecular formula is C19H21ClN2O4S. The van der Waals surface area contributed by atoms with E-state index in [9.17, 15) is 9.59 Å². The molecule has 0 fully saturated rings. The van der Waals surface area contributed by atoms with E-state index in [0.29, 0.717) is 35.4 Å². The van der Waals surface area contributed by atoms with Gasteiger partial charge in [0.15, 0.2) is 11.2 Å². The van der Waals surface area contributed by atoms with Crippen LogP contribution in [0.15, 0.2) is 24.3 Å². The predicted molar refractivity (Wildman–Crippen MR) is 104 cm³/mol. The maximum atomic E-state index is 12.4. The van der Waals surface area contributed by atoms with Gasteiger partial charge in [0.2, 0.25) is 0 Å². The van der Waals surface area contributed by atoms with E-state index < -0.39 is 6.10 Å². The lowest BCUT2D eigenvalue weighted by Gasteiger charge is -2.18. The Hall–Kier alpha value is -2.12. The second-order valence-corrected chi connectivity index (χ2v) is 7.80. The molecule has 0 spiro atoms. The number of amides is 1. The van der Waals surface area contributed by atoms with Crippen molar-refractivity contribution in [2.24, 2.45) is 5.92 Å². The lowest BCUT2D eigenvalue weighted by molar-refractivity contribution is -0.148. The van der Waals surface area contributed by atoms with Gasteiger partial charge in [0.05, 0.1) is 18.2 Å². The number of fused-ring (bicyclic) bond motifs is 1. The molecule has 0 radical (unpaired) electrons. The molecule has 1 aromatic heterocycles. The first-order valence-corrected chi connectivity index (χ1v) is 10.0. The van der Waals surface area contributed by atoms with Crippen molar-refractivity contribution in [3.63, 3.8) is 0 Å². The van der Waals surface area contributed by atoms with Gasteiger partial charge in [-0.1, -0.05) is 11.6 Å². The number of esters is 1. The molecule has 1 aliphatic carbocycles. The fraction of sp³-hybridized carbons (Fsp3) is 0.421. The van der Waals surface area contributed by atoms with Crippen LogP contribution in [0.1, 0.15) is 30.8 Å². The summed E-state index contributed by atoms with van der Waals surface area (Å²) in [7, 11) is 0. The van der Waals surface area contributed by atoms with Crippen molar-refractivity contribution in [1.82, 2.24) is 4.98 Å². The third-order valence-electron chi connectivity index (χ3n) is 4.29. The Bertz CT molecular complexity index is 822. The molecule has 2 unspecified atom stereocenters. The van der Waals surface area contributed by atoms with Crippen molar-refractivity contribution in [2.45, 2.75) is 39.2 Å². The molecule has 3 rings (SSSR count). The zero-order valence-electron chi connectivity index (χ0n) is 15.2. The van der Waals surface area contributed by atoms with E-state index >= 15 is 0 Å². The van der Waals surface area contributed by atoms with Gasteiger partial charge in [-0.05, 0) is 57.4 Å². The average molecular weight is 409 g/mol. The first-order valence-electron chi connectivity index (χ1n) is 8.84. The van der Waals surface area contributed by atoms with E-state index in [1.54, 1.807) is 38.1 Å². The van der Waals surface area contributed by atoms with Crippen molar-refractivity contribution in [3.05, 3.63) is 39.9 Å². The Kier molecular flexibility index (Phi) is 6.34. The minimum atomic E-state index is -0.681. The standard InChI is InChI=1S/C19H21ClN2O4S/c1-3-25-18(24)12-4-9-15-16(10-12)27-19(21-15)22-17(23)11(2)26-14-7-5-13(20)6-8-14/h5-8,11-12H,3-4,9-10H2,1-2H3,(H,21,22,23). The number of halogens is 1. The van der Waals surface area contributed by atoms with E-state index in [-0.39, 0.29) is 17.8 Å². The average Bonchev–Trinajstić information content (AvgIpc) is 3.05. The molecule has 1 aromatic carbocycles. The third-order valence-corrected chi connectivity index (χ3v) is 5.57. The molecule has 27 heavy (non-hydrogen) atoms. The van der Waals surface area contributed by atoms with Crippen molar-refractivity contribution >= 4 is 39.9 Å². The fourth-order valence-electron chi connectivity index (χ4n) is 2.87. The highest BCUT2D eigenvalue weighted by Crippen LogP contribution is 2.33. The summed E-state index contributed by atoms with van der Waals surface area (Å²) in [5.41, 5.74) is 0.946. The predicted octanol–water partition coefficient (Wildman–Crippen LogP) is 3.87. The van der Waals surface area contributed by atoms with E-state index in [0.717, 1.165) is 17.0 Å². The zero-order valence-corrected chi connectivity index (χ0v) is 16.7. The topological polar surface area (TPSA) is 77.5 Å². The van der Waals surface area contributed by atoms with Gasteiger partial charge in [0, 0.05) is 9.90 Å². The van der Waals surface area contributed by atoms with Crippen LogP contribution in [0.2, 0.25) is 5.02 Å². The molecule has 0 saturated heterocycles. The van der Waals surface area contributed by atoms with Crippen LogP contribution in [0.5, 0.6) is 5.75 Å². The second kappa shape index (κ2) is 8.71. The lowest BCUT2D eigenvalue weighted by Crippen LogP contribution is -2.30. The van der Waals surface area contributed by atoms with Crippen LogP contribution in [0.25, 0.3) is 0 Å². The number of nitrogens with one attached hydrogen (secondary N) is 1. The minimum absolute atomic E-state index is 0.131. The maximum Gasteiger partial charge on any atom is 0.309 e. The molecule has 1 heterocycles. The summed E-state index contributed by atoms with van der Waals surface area (Å²) in [5, 5.41) is 3.94. The van der Waals surface area contributed by atoms with Crippen molar-refractivity contribution in [3.8, 4) is 5.75 Å². The van der Waals surface area contributed by atoms with Gasteiger partial charge < -0.3 is 9.47 Å². The molecule has 1 aliphatic rings. The van der Waals surface area contributed by atoms with Crippen molar-refractivity contribution < 1.29 is 19.1 Å². The van der Waals surface area contributed by atoms with Crippen LogP contribution < -0.4 is 10.1 Å². The summed E-state index contributed by atoms with van der Waals surface area (Å²) >= 11 is 7.25. The van der Waals surface area contributed by atoms with Crippen LogP contribution >= 0.6 is 22.9 Å². The highest BCUT2D eigenvalue weighted by molar-refractivity contribution is 7.15. The maximum absolute atomic E-state index is 12.4. The Labute approximate surface area is 166 Å². The van der Waals surface area contributed by atoms with Gasteiger partial charge in [-0.2, -0.15) is 0 Å². The molecule has 0 aliphatic heterocycles.